The molecular weight excluding hydrogens is 406 g/mol. The van der Waals surface area contributed by atoms with Crippen molar-refractivity contribution in [3.63, 3.8) is 0 Å². The Bertz CT molecular complexity index is 1200. The smallest absolute Gasteiger partial charge is 0.305 e. The summed E-state index contributed by atoms with van der Waals surface area (Å²) in [6.07, 6.45) is 2.67. The lowest BCUT2D eigenvalue weighted by molar-refractivity contribution is -0.142. The fraction of sp³-hybridized carbons (Fsp3) is 0.400. The van der Waals surface area contributed by atoms with E-state index >= 15 is 0 Å². The van der Waals surface area contributed by atoms with Gasteiger partial charge in [0.05, 0.1) is 16.6 Å². The molecule has 0 unspecified atom stereocenters. The standard InChI is InChI=1S/C25H27N3O4/c1-3-20(29)31-12-10-26-18-13-19(28-11-6-7-15(2)14-28)23-22-21(18)24(30)16-8-4-5-9-17(16)25(22)32-27-23/h4-5,8-9,13,15,26H,3,6-7,10-12,14H2,1-2H3/t15-/m0/s1. The molecule has 0 radical (unpaired) electrons. The highest BCUT2D eigenvalue weighted by Crippen LogP contribution is 2.46. The van der Waals surface area contributed by atoms with Crippen molar-refractivity contribution in [1.29, 1.82) is 0 Å². The quantitative estimate of drug-likeness (QED) is 0.350. The number of anilines is 2. The van der Waals surface area contributed by atoms with E-state index in [1.807, 2.05) is 30.3 Å². The first-order valence-electron chi connectivity index (χ1n) is 11.3. The topological polar surface area (TPSA) is 84.7 Å². The van der Waals surface area contributed by atoms with Gasteiger partial charge in [-0.2, -0.15) is 0 Å². The monoisotopic (exact) mass is 433 g/mol. The summed E-state index contributed by atoms with van der Waals surface area (Å²) in [6.45, 7) is 6.56. The highest BCUT2D eigenvalue weighted by atomic mass is 16.5. The van der Waals surface area contributed by atoms with Gasteiger partial charge in [-0.3, -0.25) is 9.59 Å². The first-order chi connectivity index (χ1) is 15.6. The van der Waals surface area contributed by atoms with Crippen LogP contribution in [0.25, 0.3) is 22.2 Å². The molecule has 5 rings (SSSR count). The van der Waals surface area contributed by atoms with Crippen LogP contribution in [0.1, 0.15) is 49.0 Å². The van der Waals surface area contributed by atoms with E-state index in [1.54, 1.807) is 6.92 Å². The van der Waals surface area contributed by atoms with Crippen molar-refractivity contribution in [2.24, 2.45) is 5.92 Å². The van der Waals surface area contributed by atoms with Gasteiger partial charge in [0.15, 0.2) is 11.5 Å². The molecule has 2 aliphatic rings. The largest absolute Gasteiger partial charge is 0.464 e. The van der Waals surface area contributed by atoms with Crippen LogP contribution in [0.2, 0.25) is 0 Å². The number of carbonyl (C=O) groups is 2. The van der Waals surface area contributed by atoms with Gasteiger partial charge < -0.3 is 19.5 Å². The van der Waals surface area contributed by atoms with Gasteiger partial charge in [0.1, 0.15) is 12.1 Å². The molecule has 2 aromatic carbocycles. The molecule has 1 N–H and O–H groups in total. The molecule has 3 aromatic rings. The van der Waals surface area contributed by atoms with E-state index in [-0.39, 0.29) is 18.4 Å². The van der Waals surface area contributed by atoms with Crippen LogP contribution in [0.15, 0.2) is 34.9 Å². The molecule has 2 heterocycles. The average molecular weight is 434 g/mol. The molecule has 0 spiro atoms. The van der Waals surface area contributed by atoms with Crippen molar-refractivity contribution in [3.05, 3.63) is 41.5 Å². The number of carbonyl (C=O) groups excluding carboxylic acids is 2. The molecule has 166 valence electrons. The maximum absolute atomic E-state index is 13.5. The third kappa shape index (κ3) is 3.42. The van der Waals surface area contributed by atoms with E-state index in [0.29, 0.717) is 35.8 Å². The molecular formula is C25H27N3O4. The van der Waals surface area contributed by atoms with Gasteiger partial charge in [0.2, 0.25) is 0 Å². The predicted molar refractivity (Wildman–Crippen MR) is 123 cm³/mol. The Morgan fingerprint density at radius 2 is 2.12 bits per heavy atom. The van der Waals surface area contributed by atoms with Gasteiger partial charge in [-0.05, 0) is 24.8 Å². The minimum absolute atomic E-state index is 0.0482. The van der Waals surface area contributed by atoms with E-state index in [9.17, 15) is 9.59 Å². The molecule has 7 heteroatoms. The minimum atomic E-state index is -0.238. The van der Waals surface area contributed by atoms with Gasteiger partial charge in [0, 0.05) is 42.9 Å². The van der Waals surface area contributed by atoms with Crippen LogP contribution in [-0.4, -0.2) is 43.2 Å². The van der Waals surface area contributed by atoms with Gasteiger partial charge >= 0.3 is 5.97 Å². The Morgan fingerprint density at radius 1 is 1.31 bits per heavy atom. The number of nitrogens with zero attached hydrogens (tertiary/aromatic N) is 2. The lowest BCUT2D eigenvalue weighted by Crippen LogP contribution is -2.34. The number of nitrogens with one attached hydrogen (secondary N) is 1. The van der Waals surface area contributed by atoms with Gasteiger partial charge in [-0.15, -0.1) is 0 Å². The first-order valence-corrected chi connectivity index (χ1v) is 11.3. The summed E-state index contributed by atoms with van der Waals surface area (Å²) in [7, 11) is 0. The number of benzene rings is 2. The third-order valence-corrected chi connectivity index (χ3v) is 6.35. The maximum atomic E-state index is 13.5. The number of rotatable bonds is 6. The lowest BCUT2D eigenvalue weighted by Gasteiger charge is -2.33. The summed E-state index contributed by atoms with van der Waals surface area (Å²) in [5, 5.41) is 8.54. The molecule has 1 atom stereocenters. The minimum Gasteiger partial charge on any atom is -0.464 e. The summed E-state index contributed by atoms with van der Waals surface area (Å²) in [4.78, 5) is 27.4. The van der Waals surface area contributed by atoms with E-state index < -0.39 is 0 Å². The molecule has 1 aliphatic carbocycles. The molecule has 1 aromatic heterocycles. The lowest BCUT2D eigenvalue weighted by atomic mass is 9.86. The predicted octanol–water partition coefficient (Wildman–Crippen LogP) is 4.64. The highest BCUT2D eigenvalue weighted by molar-refractivity contribution is 6.28. The average Bonchev–Trinajstić information content (AvgIpc) is 3.25. The summed E-state index contributed by atoms with van der Waals surface area (Å²) < 4.78 is 11.0. The molecule has 0 bridgehead atoms. The zero-order valence-electron chi connectivity index (χ0n) is 18.4. The number of ether oxygens (including phenoxy) is 1. The van der Waals surface area contributed by atoms with Gasteiger partial charge in [-0.1, -0.05) is 43.3 Å². The molecule has 0 amide bonds. The molecule has 1 aliphatic heterocycles. The summed E-state index contributed by atoms with van der Waals surface area (Å²) in [5.74, 6) is 0.938. The molecule has 1 saturated heterocycles. The molecule has 0 saturated carbocycles. The normalized spacial score (nSPS) is 17.4. The zero-order valence-corrected chi connectivity index (χ0v) is 18.4. The Morgan fingerprint density at radius 3 is 2.91 bits per heavy atom. The van der Waals surface area contributed by atoms with Crippen LogP contribution in [0, 0.1) is 5.92 Å². The number of fused-ring (bicyclic) bond motifs is 2. The van der Waals surface area contributed by atoms with Gasteiger partial charge in [0.25, 0.3) is 0 Å². The second-order valence-electron chi connectivity index (χ2n) is 8.62. The molecule has 32 heavy (non-hydrogen) atoms. The first kappa shape index (κ1) is 20.5. The van der Waals surface area contributed by atoms with Crippen molar-refractivity contribution < 1.29 is 18.8 Å². The van der Waals surface area contributed by atoms with Crippen molar-refractivity contribution >= 4 is 34.0 Å². The Kier molecular flexibility index (Phi) is 5.33. The van der Waals surface area contributed by atoms with Crippen LogP contribution in [0.4, 0.5) is 11.4 Å². The van der Waals surface area contributed by atoms with Crippen LogP contribution in [0.3, 0.4) is 0 Å². The van der Waals surface area contributed by atoms with E-state index in [0.717, 1.165) is 47.4 Å². The summed E-state index contributed by atoms with van der Waals surface area (Å²) >= 11 is 0. The number of ketones is 1. The Hall–Kier alpha value is -3.35. The number of aromatic nitrogens is 1. The number of hydrogen-bond acceptors (Lipinski definition) is 7. The van der Waals surface area contributed by atoms with E-state index in [4.69, 9.17) is 9.26 Å². The van der Waals surface area contributed by atoms with E-state index in [1.165, 1.54) is 6.42 Å². The van der Waals surface area contributed by atoms with Crippen LogP contribution < -0.4 is 10.2 Å². The SMILES string of the molecule is CCC(=O)OCCNc1cc(N2CCC[C@H](C)C2)c2noc3c2c1C(=O)c1ccccc1-3. The van der Waals surface area contributed by atoms with Crippen molar-refractivity contribution in [3.8, 4) is 11.3 Å². The van der Waals surface area contributed by atoms with E-state index in [2.05, 4.69) is 22.3 Å². The van der Waals surface area contributed by atoms with Crippen LogP contribution in [-0.2, 0) is 9.53 Å². The maximum Gasteiger partial charge on any atom is 0.305 e. The number of esters is 1. The Labute approximate surface area is 186 Å². The fourth-order valence-corrected chi connectivity index (χ4v) is 4.78. The van der Waals surface area contributed by atoms with Crippen molar-refractivity contribution in [1.82, 2.24) is 5.16 Å². The summed E-state index contributed by atoms with van der Waals surface area (Å²) in [6, 6.07) is 9.50. The highest BCUT2D eigenvalue weighted by Gasteiger charge is 2.34. The Balaban J connectivity index is 1.61. The third-order valence-electron chi connectivity index (χ3n) is 6.35. The fourth-order valence-electron chi connectivity index (χ4n) is 4.78. The van der Waals surface area contributed by atoms with Crippen LogP contribution >= 0.6 is 0 Å². The second kappa shape index (κ2) is 8.30. The number of piperidine rings is 1. The zero-order chi connectivity index (χ0) is 22.2. The molecule has 7 nitrogen and oxygen atoms in total. The molecule has 1 fully saturated rings. The second-order valence-corrected chi connectivity index (χ2v) is 8.62. The summed E-state index contributed by atoms with van der Waals surface area (Å²) in [5.41, 5.74) is 4.39. The van der Waals surface area contributed by atoms with Crippen molar-refractivity contribution in [2.45, 2.75) is 33.1 Å². The number of hydrogen-bond donors (Lipinski definition) is 1. The van der Waals surface area contributed by atoms with Gasteiger partial charge in [-0.25, -0.2) is 0 Å². The van der Waals surface area contributed by atoms with Crippen molar-refractivity contribution in [2.75, 3.05) is 36.5 Å². The van der Waals surface area contributed by atoms with Crippen LogP contribution in [0.5, 0.6) is 0 Å².